The van der Waals surface area contributed by atoms with Gasteiger partial charge in [0.25, 0.3) is 0 Å². The number of para-hydroxylation sites is 1. The number of aromatic nitrogens is 1. The number of pyridine rings is 1. The summed E-state index contributed by atoms with van der Waals surface area (Å²) in [6.07, 6.45) is 0. The summed E-state index contributed by atoms with van der Waals surface area (Å²) in [5.74, 6) is 0. The Morgan fingerprint density at radius 3 is 2.85 bits per heavy atom. The van der Waals surface area contributed by atoms with Crippen LogP contribution in [-0.4, -0.2) is 11.7 Å². The van der Waals surface area contributed by atoms with Crippen LogP contribution in [0.3, 0.4) is 0 Å². The van der Waals surface area contributed by atoms with Crippen molar-refractivity contribution in [1.82, 2.24) is 4.98 Å². The average Bonchev–Trinajstić information content (AvgIpc) is 2.17. The Balaban J connectivity index is 2.81. The predicted molar refractivity (Wildman–Crippen MR) is 55.7 cm³/mol. The molecule has 0 saturated heterocycles. The van der Waals surface area contributed by atoms with Crippen LogP contribution in [0.2, 0.25) is 0 Å². The molecule has 1 heterocycles. The largest absolute Gasteiger partial charge is 0.263 e. The van der Waals surface area contributed by atoms with E-state index in [1.807, 2.05) is 37.3 Å². The molecule has 0 radical (unpaired) electrons. The quantitative estimate of drug-likeness (QED) is 0.604. The van der Waals surface area contributed by atoms with E-state index in [-0.39, 0.29) is 0 Å². The molecule has 1 aromatic carbocycles. The molecule has 0 N–H and O–H groups in total. The Hall–Kier alpha value is -1.70. The third-order valence-corrected chi connectivity index (χ3v) is 2.06. The molecule has 0 aliphatic carbocycles. The maximum absolute atomic E-state index is 4.41. The molecular formula is C11H10N2. The summed E-state index contributed by atoms with van der Waals surface area (Å²) < 4.78 is 0. The van der Waals surface area contributed by atoms with Gasteiger partial charge in [0.05, 0.1) is 16.9 Å². The second-order valence-electron chi connectivity index (χ2n) is 2.94. The fourth-order valence-electron chi connectivity index (χ4n) is 1.36. The van der Waals surface area contributed by atoms with Crippen LogP contribution in [0.25, 0.3) is 10.9 Å². The average molecular weight is 170 g/mol. The molecule has 0 bridgehead atoms. The summed E-state index contributed by atoms with van der Waals surface area (Å²) >= 11 is 0. The van der Waals surface area contributed by atoms with Gasteiger partial charge in [-0.2, -0.15) is 0 Å². The normalized spacial score (nSPS) is 10.2. The molecule has 0 saturated carbocycles. The molecule has 2 nitrogen and oxygen atoms in total. The molecule has 1 aromatic heterocycles. The van der Waals surface area contributed by atoms with Gasteiger partial charge in [-0.3, -0.25) is 9.98 Å². The van der Waals surface area contributed by atoms with Gasteiger partial charge in [-0.25, -0.2) is 0 Å². The van der Waals surface area contributed by atoms with Gasteiger partial charge >= 0.3 is 0 Å². The topological polar surface area (TPSA) is 25.2 Å². The van der Waals surface area contributed by atoms with Crippen molar-refractivity contribution in [3.05, 3.63) is 36.0 Å². The molecule has 13 heavy (non-hydrogen) atoms. The number of nitrogens with zero attached hydrogens (tertiary/aromatic N) is 2. The van der Waals surface area contributed by atoms with Crippen LogP contribution >= 0.6 is 0 Å². The predicted octanol–water partition coefficient (Wildman–Crippen LogP) is 2.88. The second-order valence-corrected chi connectivity index (χ2v) is 2.94. The zero-order chi connectivity index (χ0) is 9.26. The Kier molecular flexibility index (Phi) is 1.81. The fourth-order valence-corrected chi connectivity index (χ4v) is 1.36. The van der Waals surface area contributed by atoms with Crippen LogP contribution in [0.4, 0.5) is 5.69 Å². The first-order valence-electron chi connectivity index (χ1n) is 4.14. The number of fused-ring (bicyclic) bond motifs is 1. The van der Waals surface area contributed by atoms with E-state index in [1.54, 1.807) is 0 Å². The lowest BCUT2D eigenvalue weighted by Gasteiger charge is -2.01. The lowest BCUT2D eigenvalue weighted by atomic mass is 10.2. The van der Waals surface area contributed by atoms with Crippen molar-refractivity contribution >= 4 is 23.3 Å². The summed E-state index contributed by atoms with van der Waals surface area (Å²) in [5, 5.41) is 1.11. The van der Waals surface area contributed by atoms with Crippen LogP contribution in [0.1, 0.15) is 5.69 Å². The van der Waals surface area contributed by atoms with Crippen molar-refractivity contribution < 1.29 is 0 Å². The van der Waals surface area contributed by atoms with Crippen LogP contribution in [-0.2, 0) is 0 Å². The maximum Gasteiger partial charge on any atom is 0.0841 e. The number of benzene rings is 1. The molecule has 0 spiro atoms. The van der Waals surface area contributed by atoms with Gasteiger partial charge in [0.15, 0.2) is 0 Å². The molecule has 0 aliphatic rings. The molecule has 0 fully saturated rings. The monoisotopic (exact) mass is 170 g/mol. The van der Waals surface area contributed by atoms with E-state index in [9.17, 15) is 0 Å². The molecule has 0 atom stereocenters. The molecule has 2 aromatic rings. The van der Waals surface area contributed by atoms with Gasteiger partial charge in [-0.05, 0) is 25.8 Å². The molecule has 64 valence electrons. The SMILES string of the molecule is C=Nc1cc2ccccc2nc1C. The summed E-state index contributed by atoms with van der Waals surface area (Å²) in [4.78, 5) is 8.32. The molecule has 0 amide bonds. The van der Waals surface area contributed by atoms with Crippen molar-refractivity contribution in [1.29, 1.82) is 0 Å². The first kappa shape index (κ1) is 7.92. The molecule has 2 heteroatoms. The van der Waals surface area contributed by atoms with Crippen molar-refractivity contribution in [3.63, 3.8) is 0 Å². The zero-order valence-corrected chi connectivity index (χ0v) is 7.49. The Morgan fingerprint density at radius 1 is 1.31 bits per heavy atom. The zero-order valence-electron chi connectivity index (χ0n) is 7.49. The summed E-state index contributed by atoms with van der Waals surface area (Å²) in [6, 6.07) is 10.00. The molecule has 0 aliphatic heterocycles. The summed E-state index contributed by atoms with van der Waals surface area (Å²) in [6.45, 7) is 5.45. The Labute approximate surface area is 77.0 Å². The van der Waals surface area contributed by atoms with Gasteiger partial charge in [0, 0.05) is 5.39 Å². The third-order valence-electron chi connectivity index (χ3n) is 2.06. The first-order chi connectivity index (χ1) is 6.31. The standard InChI is InChI=1S/C11H10N2/c1-8-11(12-2)7-9-5-3-4-6-10(9)13-8/h3-7H,2H2,1H3. The molecule has 2 rings (SSSR count). The van der Waals surface area contributed by atoms with E-state index in [4.69, 9.17) is 0 Å². The minimum atomic E-state index is 0.860. The number of aryl methyl sites for hydroxylation is 1. The van der Waals surface area contributed by atoms with Crippen molar-refractivity contribution in [3.8, 4) is 0 Å². The minimum Gasteiger partial charge on any atom is -0.263 e. The van der Waals surface area contributed by atoms with E-state index in [2.05, 4.69) is 16.7 Å². The summed E-state index contributed by atoms with van der Waals surface area (Å²) in [7, 11) is 0. The van der Waals surface area contributed by atoms with Crippen LogP contribution in [0.5, 0.6) is 0 Å². The van der Waals surface area contributed by atoms with Gasteiger partial charge in [-0.1, -0.05) is 18.2 Å². The highest BCUT2D eigenvalue weighted by molar-refractivity contribution is 5.82. The van der Waals surface area contributed by atoms with Crippen molar-refractivity contribution in [2.45, 2.75) is 6.92 Å². The number of hydrogen-bond acceptors (Lipinski definition) is 2. The van der Waals surface area contributed by atoms with Crippen molar-refractivity contribution in [2.24, 2.45) is 4.99 Å². The first-order valence-corrected chi connectivity index (χ1v) is 4.14. The lowest BCUT2D eigenvalue weighted by Crippen LogP contribution is -1.83. The molecular weight excluding hydrogens is 160 g/mol. The number of aliphatic imine (C=N–C) groups is 1. The number of rotatable bonds is 1. The highest BCUT2D eigenvalue weighted by Gasteiger charge is 1.99. The highest BCUT2D eigenvalue weighted by atomic mass is 14.8. The lowest BCUT2D eigenvalue weighted by molar-refractivity contribution is 1.24. The van der Waals surface area contributed by atoms with E-state index in [1.165, 1.54) is 0 Å². The minimum absolute atomic E-state index is 0.860. The Bertz CT molecular complexity index is 461. The van der Waals surface area contributed by atoms with E-state index >= 15 is 0 Å². The Morgan fingerprint density at radius 2 is 2.08 bits per heavy atom. The van der Waals surface area contributed by atoms with E-state index in [0.717, 1.165) is 22.3 Å². The van der Waals surface area contributed by atoms with Gasteiger partial charge < -0.3 is 0 Å². The second kappa shape index (κ2) is 2.98. The van der Waals surface area contributed by atoms with Gasteiger partial charge in [-0.15, -0.1) is 0 Å². The smallest absolute Gasteiger partial charge is 0.0841 e. The molecule has 0 unspecified atom stereocenters. The van der Waals surface area contributed by atoms with Crippen LogP contribution in [0.15, 0.2) is 35.3 Å². The van der Waals surface area contributed by atoms with E-state index in [0.29, 0.717) is 0 Å². The number of hydrogen-bond donors (Lipinski definition) is 0. The van der Waals surface area contributed by atoms with Crippen LogP contribution in [0, 0.1) is 6.92 Å². The summed E-state index contributed by atoms with van der Waals surface area (Å²) in [5.41, 5.74) is 2.79. The van der Waals surface area contributed by atoms with E-state index < -0.39 is 0 Å². The fraction of sp³-hybridized carbons (Fsp3) is 0.0909. The third kappa shape index (κ3) is 1.31. The maximum atomic E-state index is 4.41. The van der Waals surface area contributed by atoms with Gasteiger partial charge in [0.1, 0.15) is 0 Å². The van der Waals surface area contributed by atoms with Gasteiger partial charge in [0.2, 0.25) is 0 Å². The van der Waals surface area contributed by atoms with Crippen LogP contribution < -0.4 is 0 Å². The van der Waals surface area contributed by atoms with Crippen molar-refractivity contribution in [2.75, 3.05) is 0 Å². The highest BCUT2D eigenvalue weighted by Crippen LogP contribution is 2.21.